The van der Waals surface area contributed by atoms with Gasteiger partial charge in [0.15, 0.2) is 0 Å². The molecule has 0 spiro atoms. The summed E-state index contributed by atoms with van der Waals surface area (Å²) in [5.41, 5.74) is -0.889. The van der Waals surface area contributed by atoms with Crippen LogP contribution in [0.4, 0.5) is 0 Å². The first-order valence-corrected chi connectivity index (χ1v) is 6.21. The van der Waals surface area contributed by atoms with E-state index in [1.165, 1.54) is 0 Å². The molecule has 4 heteroatoms. The number of aliphatic carboxylic acids is 1. The average molecular weight is 241 g/mol. The number of amides is 1. The number of rotatable bonds is 6. The summed E-state index contributed by atoms with van der Waals surface area (Å²) in [5, 5.41) is 11.7. The largest absolute Gasteiger partial charge is 0.481 e. The predicted octanol–water partition coefficient (Wildman–Crippen LogP) is 2.18. The first-order valence-electron chi connectivity index (χ1n) is 6.21. The summed E-state index contributed by atoms with van der Waals surface area (Å²) in [6.07, 6.45) is 2.41. The van der Waals surface area contributed by atoms with Gasteiger partial charge in [-0.05, 0) is 25.2 Å². The van der Waals surface area contributed by atoms with E-state index in [2.05, 4.69) is 19.2 Å². The number of carboxylic acid groups (broad SMARTS) is 1. The van der Waals surface area contributed by atoms with Crippen molar-refractivity contribution in [2.45, 2.75) is 58.9 Å². The van der Waals surface area contributed by atoms with Gasteiger partial charge in [-0.2, -0.15) is 0 Å². The second-order valence-electron chi connectivity index (χ2n) is 6.29. The van der Waals surface area contributed by atoms with Gasteiger partial charge in [0.25, 0.3) is 0 Å². The van der Waals surface area contributed by atoms with Crippen LogP contribution in [0, 0.1) is 11.3 Å². The Morgan fingerprint density at radius 2 is 1.88 bits per heavy atom. The van der Waals surface area contributed by atoms with Gasteiger partial charge in [-0.3, -0.25) is 9.59 Å². The molecule has 0 unspecified atom stereocenters. The number of carboxylic acids is 1. The fourth-order valence-electron chi connectivity index (χ4n) is 2.31. The zero-order valence-corrected chi connectivity index (χ0v) is 11.2. The molecule has 98 valence electrons. The van der Waals surface area contributed by atoms with Crippen molar-refractivity contribution in [3.63, 3.8) is 0 Å². The second-order valence-corrected chi connectivity index (χ2v) is 6.29. The molecule has 0 radical (unpaired) electrons. The van der Waals surface area contributed by atoms with Gasteiger partial charge in [-0.25, -0.2) is 0 Å². The Bertz CT molecular complexity index is 317. The van der Waals surface area contributed by atoms with E-state index in [1.807, 2.05) is 13.8 Å². The molecule has 0 atom stereocenters. The van der Waals surface area contributed by atoms with Gasteiger partial charge in [0.05, 0.1) is 12.0 Å². The quantitative estimate of drug-likeness (QED) is 0.749. The molecular weight excluding hydrogens is 218 g/mol. The molecule has 1 aliphatic rings. The molecule has 0 aromatic rings. The third-order valence-corrected chi connectivity index (χ3v) is 3.26. The highest BCUT2D eigenvalue weighted by atomic mass is 16.4. The molecule has 1 fully saturated rings. The van der Waals surface area contributed by atoms with Gasteiger partial charge in [0.1, 0.15) is 0 Å². The Hall–Kier alpha value is -1.06. The monoisotopic (exact) mass is 241 g/mol. The van der Waals surface area contributed by atoms with Crippen molar-refractivity contribution in [3.8, 4) is 0 Å². The summed E-state index contributed by atoms with van der Waals surface area (Å²) in [5.74, 6) is -0.417. The Balaban J connectivity index is 2.57. The van der Waals surface area contributed by atoms with E-state index in [1.54, 1.807) is 0 Å². The molecule has 4 nitrogen and oxygen atoms in total. The van der Waals surface area contributed by atoms with Crippen LogP contribution in [0.1, 0.15) is 53.4 Å². The Labute approximate surface area is 103 Å². The van der Waals surface area contributed by atoms with Crippen molar-refractivity contribution >= 4 is 11.9 Å². The minimum atomic E-state index is -0.843. The van der Waals surface area contributed by atoms with E-state index >= 15 is 0 Å². The van der Waals surface area contributed by atoms with Crippen LogP contribution in [-0.2, 0) is 9.59 Å². The molecular formula is C13H23NO3. The lowest BCUT2D eigenvalue weighted by molar-refractivity contribution is -0.138. The fraction of sp³-hybridized carbons (Fsp3) is 0.846. The summed E-state index contributed by atoms with van der Waals surface area (Å²) in [4.78, 5) is 22.8. The van der Waals surface area contributed by atoms with Gasteiger partial charge in [-0.1, -0.05) is 27.7 Å². The number of nitrogens with one attached hydrogen (secondary N) is 1. The number of carbonyl (C=O) groups is 2. The molecule has 1 saturated carbocycles. The molecule has 0 bridgehead atoms. The molecule has 0 aromatic carbocycles. The van der Waals surface area contributed by atoms with Gasteiger partial charge in [-0.15, -0.1) is 0 Å². The molecule has 1 amide bonds. The molecule has 17 heavy (non-hydrogen) atoms. The topological polar surface area (TPSA) is 66.4 Å². The molecule has 0 aliphatic heterocycles. The fourth-order valence-corrected chi connectivity index (χ4v) is 2.31. The Morgan fingerprint density at radius 3 is 2.24 bits per heavy atom. The average Bonchev–Trinajstić information content (AvgIpc) is 2.80. The van der Waals surface area contributed by atoms with Crippen LogP contribution < -0.4 is 5.32 Å². The van der Waals surface area contributed by atoms with Gasteiger partial charge in [0, 0.05) is 5.41 Å². The van der Waals surface area contributed by atoms with Crippen LogP contribution in [0.2, 0.25) is 0 Å². The van der Waals surface area contributed by atoms with Crippen LogP contribution in [0.3, 0.4) is 0 Å². The normalized spacial score (nSPS) is 17.9. The van der Waals surface area contributed by atoms with Crippen LogP contribution in [0.25, 0.3) is 0 Å². The van der Waals surface area contributed by atoms with E-state index in [0.717, 1.165) is 19.3 Å². The van der Waals surface area contributed by atoms with Gasteiger partial charge < -0.3 is 10.4 Å². The van der Waals surface area contributed by atoms with Crippen LogP contribution in [0.15, 0.2) is 0 Å². The zero-order valence-electron chi connectivity index (χ0n) is 11.2. The van der Waals surface area contributed by atoms with Crippen LogP contribution >= 0.6 is 0 Å². The zero-order chi connectivity index (χ0) is 13.3. The first kappa shape index (κ1) is 14.0. The molecule has 0 saturated heterocycles. The van der Waals surface area contributed by atoms with E-state index in [9.17, 15) is 9.59 Å². The maximum absolute atomic E-state index is 12.1. The highest BCUT2D eigenvalue weighted by molar-refractivity contribution is 5.84. The van der Waals surface area contributed by atoms with Crippen molar-refractivity contribution in [1.82, 2.24) is 5.32 Å². The number of hydrogen-bond acceptors (Lipinski definition) is 2. The minimum absolute atomic E-state index is 0.0232. The highest BCUT2D eigenvalue weighted by Crippen LogP contribution is 2.40. The second kappa shape index (κ2) is 4.67. The predicted molar refractivity (Wildman–Crippen MR) is 65.6 cm³/mol. The van der Waals surface area contributed by atoms with Crippen LogP contribution in [0.5, 0.6) is 0 Å². The molecule has 0 aromatic heterocycles. The molecule has 0 heterocycles. The van der Waals surface area contributed by atoms with Gasteiger partial charge in [0.2, 0.25) is 5.91 Å². The highest BCUT2D eigenvalue weighted by Gasteiger charge is 2.47. The van der Waals surface area contributed by atoms with Crippen molar-refractivity contribution in [2.75, 3.05) is 0 Å². The standard InChI is InChI=1S/C13H23NO3/c1-9(2)7-12(3,4)11(17)14-13(5-6-13)8-10(15)16/h9H,5-8H2,1-4H3,(H,14,17)(H,15,16). The Kier molecular flexibility index (Phi) is 3.84. The van der Waals surface area contributed by atoms with E-state index < -0.39 is 16.9 Å². The molecule has 1 rings (SSSR count). The minimum Gasteiger partial charge on any atom is -0.481 e. The lowest BCUT2D eigenvalue weighted by Gasteiger charge is -2.28. The van der Waals surface area contributed by atoms with E-state index in [4.69, 9.17) is 5.11 Å². The molecule has 2 N–H and O–H groups in total. The smallest absolute Gasteiger partial charge is 0.305 e. The SMILES string of the molecule is CC(C)CC(C)(C)C(=O)NC1(CC(=O)O)CC1. The lowest BCUT2D eigenvalue weighted by atomic mass is 9.83. The summed E-state index contributed by atoms with van der Waals surface area (Å²) < 4.78 is 0. The third kappa shape index (κ3) is 4.02. The third-order valence-electron chi connectivity index (χ3n) is 3.26. The van der Waals surface area contributed by atoms with E-state index in [0.29, 0.717) is 5.92 Å². The molecule has 1 aliphatic carbocycles. The van der Waals surface area contributed by atoms with Crippen molar-refractivity contribution in [2.24, 2.45) is 11.3 Å². The maximum Gasteiger partial charge on any atom is 0.305 e. The summed E-state index contributed by atoms with van der Waals surface area (Å²) in [7, 11) is 0. The van der Waals surface area contributed by atoms with E-state index in [-0.39, 0.29) is 12.3 Å². The van der Waals surface area contributed by atoms with Crippen molar-refractivity contribution < 1.29 is 14.7 Å². The van der Waals surface area contributed by atoms with Crippen LogP contribution in [-0.4, -0.2) is 22.5 Å². The lowest BCUT2D eigenvalue weighted by Crippen LogP contribution is -2.45. The van der Waals surface area contributed by atoms with Crippen molar-refractivity contribution in [3.05, 3.63) is 0 Å². The summed E-state index contributed by atoms with van der Waals surface area (Å²) >= 11 is 0. The summed E-state index contributed by atoms with van der Waals surface area (Å²) in [6.45, 7) is 8.00. The number of hydrogen-bond donors (Lipinski definition) is 2. The Morgan fingerprint density at radius 1 is 1.35 bits per heavy atom. The number of carbonyl (C=O) groups excluding carboxylic acids is 1. The summed E-state index contributed by atoms with van der Waals surface area (Å²) in [6, 6.07) is 0. The first-order chi connectivity index (χ1) is 7.67. The maximum atomic E-state index is 12.1. The van der Waals surface area contributed by atoms with Crippen molar-refractivity contribution in [1.29, 1.82) is 0 Å². The van der Waals surface area contributed by atoms with Gasteiger partial charge >= 0.3 is 5.97 Å².